The summed E-state index contributed by atoms with van der Waals surface area (Å²) >= 11 is 0. The smallest absolute Gasteiger partial charge is 0.322 e. The van der Waals surface area contributed by atoms with E-state index in [2.05, 4.69) is 15.5 Å². The van der Waals surface area contributed by atoms with E-state index in [4.69, 9.17) is 9.52 Å². The van der Waals surface area contributed by atoms with Gasteiger partial charge in [-0.3, -0.25) is 14.9 Å². The Balaban J connectivity index is 2.58. The maximum atomic E-state index is 11.4. The number of carbonyl (C=O) groups excluding carboxylic acids is 1. The largest absolute Gasteiger partial charge is 0.481 e. The molecule has 0 fully saturated rings. The summed E-state index contributed by atoms with van der Waals surface area (Å²) in [6.07, 6.45) is -0.163. The van der Waals surface area contributed by atoms with Gasteiger partial charge in [-0.05, 0) is 13.8 Å². The van der Waals surface area contributed by atoms with Crippen molar-refractivity contribution in [2.45, 2.75) is 27.2 Å². The van der Waals surface area contributed by atoms with Gasteiger partial charge in [0.2, 0.25) is 11.8 Å². The molecule has 2 N–H and O–H groups in total. The number of carboxylic acids is 1. The minimum Gasteiger partial charge on any atom is -0.481 e. The predicted molar refractivity (Wildman–Crippen MR) is 53.7 cm³/mol. The SMILES string of the molecule is Cc1nnc(NC(=O)CC(C)(C)C(=O)O)o1. The van der Waals surface area contributed by atoms with Crippen LogP contribution in [0.2, 0.25) is 0 Å². The minimum atomic E-state index is -1.13. The van der Waals surface area contributed by atoms with E-state index < -0.39 is 17.3 Å². The number of aliphatic carboxylic acids is 1. The monoisotopic (exact) mass is 227 g/mol. The molecule has 0 aliphatic rings. The summed E-state index contributed by atoms with van der Waals surface area (Å²) in [6, 6.07) is -0.0244. The van der Waals surface area contributed by atoms with Gasteiger partial charge >= 0.3 is 12.0 Å². The molecule has 7 nitrogen and oxygen atoms in total. The highest BCUT2D eigenvalue weighted by Gasteiger charge is 2.30. The number of nitrogens with zero attached hydrogens (tertiary/aromatic N) is 2. The summed E-state index contributed by atoms with van der Waals surface area (Å²) in [5, 5.41) is 18.2. The van der Waals surface area contributed by atoms with Crippen LogP contribution in [0.3, 0.4) is 0 Å². The van der Waals surface area contributed by atoms with E-state index in [1.54, 1.807) is 6.92 Å². The molecule has 1 heterocycles. The van der Waals surface area contributed by atoms with Crippen LogP contribution < -0.4 is 5.32 Å². The van der Waals surface area contributed by atoms with Gasteiger partial charge < -0.3 is 9.52 Å². The Morgan fingerprint density at radius 3 is 2.50 bits per heavy atom. The minimum absolute atomic E-state index is 0.0244. The molecule has 1 aromatic rings. The molecule has 0 aliphatic heterocycles. The Bertz CT molecular complexity index is 411. The van der Waals surface area contributed by atoms with Crippen molar-refractivity contribution in [3.63, 3.8) is 0 Å². The standard InChI is InChI=1S/C9H13N3O4/c1-5-11-12-8(16-5)10-6(13)4-9(2,3)7(14)15/h4H2,1-3H3,(H,14,15)(H,10,12,13). The Morgan fingerprint density at radius 1 is 1.44 bits per heavy atom. The average Bonchev–Trinajstić information content (AvgIpc) is 2.49. The van der Waals surface area contributed by atoms with E-state index in [0.717, 1.165) is 0 Å². The third kappa shape index (κ3) is 3.04. The summed E-state index contributed by atoms with van der Waals surface area (Å²) in [6.45, 7) is 4.52. The quantitative estimate of drug-likeness (QED) is 0.788. The van der Waals surface area contributed by atoms with Crippen molar-refractivity contribution in [2.75, 3.05) is 5.32 Å². The molecular weight excluding hydrogens is 214 g/mol. The second-order valence-electron chi connectivity index (χ2n) is 4.04. The number of anilines is 1. The van der Waals surface area contributed by atoms with Crippen LogP contribution >= 0.6 is 0 Å². The maximum Gasteiger partial charge on any atom is 0.322 e. The van der Waals surface area contributed by atoms with Gasteiger partial charge in [0, 0.05) is 13.3 Å². The molecule has 0 saturated carbocycles. The van der Waals surface area contributed by atoms with Crippen LogP contribution in [-0.2, 0) is 9.59 Å². The first-order chi connectivity index (χ1) is 7.31. The highest BCUT2D eigenvalue weighted by atomic mass is 16.4. The number of carbonyl (C=O) groups is 2. The lowest BCUT2D eigenvalue weighted by atomic mass is 9.89. The topological polar surface area (TPSA) is 105 Å². The van der Waals surface area contributed by atoms with Crippen molar-refractivity contribution in [2.24, 2.45) is 5.41 Å². The number of hydrogen-bond donors (Lipinski definition) is 2. The molecule has 0 spiro atoms. The predicted octanol–water partition coefficient (Wildman–Crippen LogP) is 0.817. The summed E-state index contributed by atoms with van der Waals surface area (Å²) in [5.41, 5.74) is -1.13. The van der Waals surface area contributed by atoms with E-state index in [1.807, 2.05) is 0 Å². The number of aryl methyl sites for hydroxylation is 1. The fraction of sp³-hybridized carbons (Fsp3) is 0.556. The van der Waals surface area contributed by atoms with E-state index in [0.29, 0.717) is 5.89 Å². The Hall–Kier alpha value is -1.92. The first-order valence-corrected chi connectivity index (χ1v) is 4.64. The van der Waals surface area contributed by atoms with Crippen LogP contribution in [0.1, 0.15) is 26.2 Å². The first-order valence-electron chi connectivity index (χ1n) is 4.64. The number of carboxylic acid groups (broad SMARTS) is 1. The zero-order valence-electron chi connectivity index (χ0n) is 9.27. The van der Waals surface area contributed by atoms with Crippen LogP contribution in [-0.4, -0.2) is 27.2 Å². The van der Waals surface area contributed by atoms with Crippen LogP contribution in [0.25, 0.3) is 0 Å². The summed E-state index contributed by atoms with van der Waals surface area (Å²) in [7, 11) is 0. The van der Waals surface area contributed by atoms with Crippen molar-refractivity contribution in [1.82, 2.24) is 10.2 Å². The maximum absolute atomic E-state index is 11.4. The van der Waals surface area contributed by atoms with E-state index in [-0.39, 0.29) is 12.4 Å². The second kappa shape index (κ2) is 4.30. The van der Waals surface area contributed by atoms with Crippen molar-refractivity contribution in [1.29, 1.82) is 0 Å². The van der Waals surface area contributed by atoms with Crippen LogP contribution in [0.5, 0.6) is 0 Å². The molecule has 0 bridgehead atoms. The Labute approximate surface area is 91.9 Å². The summed E-state index contributed by atoms with van der Waals surface area (Å²) in [4.78, 5) is 22.2. The Kier molecular flexibility index (Phi) is 3.26. The van der Waals surface area contributed by atoms with Gasteiger partial charge in [0.1, 0.15) is 0 Å². The van der Waals surface area contributed by atoms with Gasteiger partial charge in [0.05, 0.1) is 5.41 Å². The number of rotatable bonds is 4. The van der Waals surface area contributed by atoms with Gasteiger partial charge in [0.25, 0.3) is 0 Å². The molecule has 0 radical (unpaired) electrons. The molecule has 0 saturated heterocycles. The molecular formula is C9H13N3O4. The highest BCUT2D eigenvalue weighted by molar-refractivity contribution is 5.92. The lowest BCUT2D eigenvalue weighted by molar-refractivity contribution is -0.149. The number of nitrogens with one attached hydrogen (secondary N) is 1. The third-order valence-corrected chi connectivity index (χ3v) is 1.95. The number of amides is 1. The van der Waals surface area contributed by atoms with Crippen molar-refractivity contribution >= 4 is 17.9 Å². The number of hydrogen-bond acceptors (Lipinski definition) is 5. The normalized spacial score (nSPS) is 11.2. The fourth-order valence-corrected chi connectivity index (χ4v) is 0.988. The van der Waals surface area contributed by atoms with Gasteiger partial charge in [-0.15, -0.1) is 5.10 Å². The molecule has 0 aromatic carbocycles. The van der Waals surface area contributed by atoms with Gasteiger partial charge in [0.15, 0.2) is 0 Å². The highest BCUT2D eigenvalue weighted by Crippen LogP contribution is 2.21. The van der Waals surface area contributed by atoms with E-state index in [9.17, 15) is 9.59 Å². The zero-order chi connectivity index (χ0) is 12.3. The van der Waals surface area contributed by atoms with Gasteiger partial charge in [-0.25, -0.2) is 0 Å². The average molecular weight is 227 g/mol. The lowest BCUT2D eigenvalue weighted by Gasteiger charge is -2.17. The number of aromatic nitrogens is 2. The molecule has 0 aliphatic carbocycles. The van der Waals surface area contributed by atoms with Crippen molar-refractivity contribution in [3.05, 3.63) is 5.89 Å². The van der Waals surface area contributed by atoms with Crippen molar-refractivity contribution < 1.29 is 19.1 Å². The van der Waals surface area contributed by atoms with E-state index >= 15 is 0 Å². The van der Waals surface area contributed by atoms with Crippen LogP contribution in [0, 0.1) is 12.3 Å². The van der Waals surface area contributed by atoms with Crippen molar-refractivity contribution in [3.8, 4) is 0 Å². The molecule has 1 aromatic heterocycles. The molecule has 16 heavy (non-hydrogen) atoms. The van der Waals surface area contributed by atoms with Gasteiger partial charge in [-0.2, -0.15) is 0 Å². The molecule has 88 valence electrons. The van der Waals surface area contributed by atoms with E-state index in [1.165, 1.54) is 13.8 Å². The summed E-state index contributed by atoms with van der Waals surface area (Å²) in [5.74, 6) is -1.19. The second-order valence-corrected chi connectivity index (χ2v) is 4.04. The Morgan fingerprint density at radius 2 is 2.06 bits per heavy atom. The molecule has 7 heteroatoms. The molecule has 1 rings (SSSR count). The van der Waals surface area contributed by atoms with Crippen LogP contribution in [0.4, 0.5) is 6.01 Å². The van der Waals surface area contributed by atoms with Crippen LogP contribution in [0.15, 0.2) is 4.42 Å². The zero-order valence-corrected chi connectivity index (χ0v) is 9.27. The third-order valence-electron chi connectivity index (χ3n) is 1.95. The lowest BCUT2D eigenvalue weighted by Crippen LogP contribution is -2.29. The first kappa shape index (κ1) is 12.2. The molecule has 0 atom stereocenters. The van der Waals surface area contributed by atoms with Gasteiger partial charge in [-0.1, -0.05) is 5.10 Å². The molecule has 1 amide bonds. The fourth-order valence-electron chi connectivity index (χ4n) is 0.988. The summed E-state index contributed by atoms with van der Waals surface area (Å²) < 4.78 is 4.93. The molecule has 0 unspecified atom stereocenters.